The molecule has 1 rings (SSSR count). The number of ether oxygens (including phenoxy) is 1. The molecule has 0 aromatic rings. The van der Waals surface area contributed by atoms with E-state index in [1.54, 1.807) is 14.2 Å². The molecule has 4 heteroatoms. The molecule has 0 saturated carbocycles. The maximum Gasteiger partial charge on any atom is 0.237 e. The Morgan fingerprint density at radius 2 is 2.33 bits per heavy atom. The van der Waals surface area contributed by atoms with Gasteiger partial charge in [-0.2, -0.15) is 0 Å². The molecule has 0 radical (unpaired) electrons. The van der Waals surface area contributed by atoms with E-state index < -0.39 is 0 Å². The fourth-order valence-electron chi connectivity index (χ4n) is 1.40. The molecule has 0 aromatic carbocycles. The molecule has 2 atom stereocenters. The molecule has 1 saturated heterocycles. The third-order valence-corrected chi connectivity index (χ3v) is 2.28. The smallest absolute Gasteiger partial charge is 0.237 e. The van der Waals surface area contributed by atoms with Crippen molar-refractivity contribution in [2.24, 2.45) is 0 Å². The summed E-state index contributed by atoms with van der Waals surface area (Å²) in [6.07, 6.45) is 1.95. The fourth-order valence-corrected chi connectivity index (χ4v) is 1.40. The summed E-state index contributed by atoms with van der Waals surface area (Å²) in [7, 11) is 3.48. The van der Waals surface area contributed by atoms with Crippen LogP contribution < -0.4 is 10.6 Å². The molecule has 0 aromatic heterocycles. The lowest BCUT2D eigenvalue weighted by atomic mass is 10.1. The molecule has 1 fully saturated rings. The monoisotopic (exact) mass is 172 g/mol. The number of carbonyl (C=O) groups excluding carboxylic acids is 1. The molecule has 70 valence electrons. The van der Waals surface area contributed by atoms with E-state index in [2.05, 4.69) is 10.6 Å². The number of hydrogen-bond acceptors (Lipinski definition) is 3. The summed E-state index contributed by atoms with van der Waals surface area (Å²) >= 11 is 0. The van der Waals surface area contributed by atoms with E-state index in [9.17, 15) is 4.79 Å². The SMILES string of the molecule is CNC1CCC(OC)CNC1=O. The lowest BCUT2D eigenvalue weighted by Gasteiger charge is -2.10. The molecule has 1 amide bonds. The quantitative estimate of drug-likeness (QED) is 0.590. The second-order valence-electron chi connectivity index (χ2n) is 3.02. The number of hydrogen-bond donors (Lipinski definition) is 2. The second-order valence-corrected chi connectivity index (χ2v) is 3.02. The number of likely N-dealkylation sites (N-methyl/N-ethyl adjacent to an activating group) is 1. The van der Waals surface area contributed by atoms with Gasteiger partial charge in [0.2, 0.25) is 5.91 Å². The summed E-state index contributed by atoms with van der Waals surface area (Å²) in [6.45, 7) is 0.632. The van der Waals surface area contributed by atoms with Gasteiger partial charge in [0.25, 0.3) is 0 Å². The highest BCUT2D eigenvalue weighted by atomic mass is 16.5. The van der Waals surface area contributed by atoms with Crippen molar-refractivity contribution >= 4 is 5.91 Å². The minimum absolute atomic E-state index is 0.0508. The maximum absolute atomic E-state index is 11.3. The first-order chi connectivity index (χ1) is 5.77. The van der Waals surface area contributed by atoms with Crippen LogP contribution in [-0.4, -0.2) is 38.8 Å². The van der Waals surface area contributed by atoms with Gasteiger partial charge in [-0.05, 0) is 19.9 Å². The Morgan fingerprint density at radius 3 is 2.92 bits per heavy atom. The topological polar surface area (TPSA) is 50.4 Å². The summed E-state index contributed by atoms with van der Waals surface area (Å²) in [5.41, 5.74) is 0. The van der Waals surface area contributed by atoms with Crippen molar-refractivity contribution in [3.63, 3.8) is 0 Å². The average molecular weight is 172 g/mol. The summed E-state index contributed by atoms with van der Waals surface area (Å²) < 4.78 is 5.17. The van der Waals surface area contributed by atoms with E-state index in [1.807, 2.05) is 0 Å². The lowest BCUT2D eigenvalue weighted by Crippen LogP contribution is -2.41. The molecular formula is C8H16N2O2. The van der Waals surface area contributed by atoms with E-state index >= 15 is 0 Å². The van der Waals surface area contributed by atoms with Crippen molar-refractivity contribution in [2.75, 3.05) is 20.7 Å². The molecule has 0 aliphatic carbocycles. The number of carbonyl (C=O) groups is 1. The molecular weight excluding hydrogens is 156 g/mol. The fraction of sp³-hybridized carbons (Fsp3) is 0.875. The Hall–Kier alpha value is -0.610. The van der Waals surface area contributed by atoms with E-state index in [0.29, 0.717) is 6.54 Å². The Balaban J connectivity index is 2.46. The first-order valence-corrected chi connectivity index (χ1v) is 4.25. The van der Waals surface area contributed by atoms with Gasteiger partial charge in [-0.1, -0.05) is 0 Å². The lowest BCUT2D eigenvalue weighted by molar-refractivity contribution is -0.122. The van der Waals surface area contributed by atoms with Gasteiger partial charge in [-0.3, -0.25) is 4.79 Å². The van der Waals surface area contributed by atoms with E-state index in [-0.39, 0.29) is 18.1 Å². The highest BCUT2D eigenvalue weighted by Crippen LogP contribution is 2.07. The van der Waals surface area contributed by atoms with Crippen molar-refractivity contribution in [3.05, 3.63) is 0 Å². The molecule has 2 N–H and O–H groups in total. The van der Waals surface area contributed by atoms with Gasteiger partial charge >= 0.3 is 0 Å². The summed E-state index contributed by atoms with van der Waals surface area (Å²) in [4.78, 5) is 11.3. The van der Waals surface area contributed by atoms with Crippen LogP contribution in [0.2, 0.25) is 0 Å². The van der Waals surface area contributed by atoms with Crippen molar-refractivity contribution in [1.29, 1.82) is 0 Å². The van der Waals surface area contributed by atoms with Crippen molar-refractivity contribution in [3.8, 4) is 0 Å². The summed E-state index contributed by atoms with van der Waals surface area (Å²) in [5.74, 6) is 0.0806. The maximum atomic E-state index is 11.3. The zero-order chi connectivity index (χ0) is 8.97. The number of rotatable bonds is 2. The van der Waals surface area contributed by atoms with Crippen LogP contribution in [0.4, 0.5) is 0 Å². The van der Waals surface area contributed by atoms with Crippen molar-refractivity contribution < 1.29 is 9.53 Å². The van der Waals surface area contributed by atoms with Gasteiger partial charge < -0.3 is 15.4 Å². The van der Waals surface area contributed by atoms with E-state index in [1.165, 1.54) is 0 Å². The standard InChI is InChI=1S/C8H16N2O2/c1-9-7-4-3-6(12-2)5-10-8(7)11/h6-7,9H,3-5H2,1-2H3,(H,10,11). The average Bonchev–Trinajstić information content (AvgIpc) is 2.27. The molecule has 12 heavy (non-hydrogen) atoms. The van der Waals surface area contributed by atoms with Gasteiger partial charge in [-0.25, -0.2) is 0 Å². The Labute approximate surface area is 72.7 Å². The number of methoxy groups -OCH3 is 1. The van der Waals surface area contributed by atoms with Gasteiger partial charge in [-0.15, -0.1) is 0 Å². The van der Waals surface area contributed by atoms with Crippen LogP contribution in [-0.2, 0) is 9.53 Å². The van der Waals surface area contributed by atoms with Gasteiger partial charge in [0, 0.05) is 13.7 Å². The first kappa shape index (κ1) is 9.48. The molecule has 1 aliphatic rings. The molecule has 0 bridgehead atoms. The Bertz CT molecular complexity index is 161. The number of nitrogens with one attached hydrogen (secondary N) is 2. The Kier molecular flexibility index (Phi) is 3.49. The third-order valence-electron chi connectivity index (χ3n) is 2.28. The molecule has 2 unspecified atom stereocenters. The Morgan fingerprint density at radius 1 is 1.58 bits per heavy atom. The molecule has 1 heterocycles. The van der Waals surface area contributed by atoms with Crippen LogP contribution in [0, 0.1) is 0 Å². The predicted molar refractivity (Wildman–Crippen MR) is 45.9 cm³/mol. The number of amides is 1. The van der Waals surface area contributed by atoms with Gasteiger partial charge in [0.1, 0.15) is 0 Å². The first-order valence-electron chi connectivity index (χ1n) is 4.25. The van der Waals surface area contributed by atoms with Crippen LogP contribution in [0.25, 0.3) is 0 Å². The third kappa shape index (κ3) is 2.19. The summed E-state index contributed by atoms with van der Waals surface area (Å²) in [5, 5.41) is 5.79. The minimum Gasteiger partial charge on any atom is -0.380 e. The zero-order valence-corrected chi connectivity index (χ0v) is 7.59. The van der Waals surface area contributed by atoms with Crippen LogP contribution in [0.1, 0.15) is 12.8 Å². The predicted octanol–water partition coefficient (Wildman–Crippen LogP) is -0.501. The highest BCUT2D eigenvalue weighted by molar-refractivity contribution is 5.81. The molecule has 0 spiro atoms. The van der Waals surface area contributed by atoms with Crippen molar-refractivity contribution in [1.82, 2.24) is 10.6 Å². The van der Waals surface area contributed by atoms with Crippen LogP contribution >= 0.6 is 0 Å². The van der Waals surface area contributed by atoms with Gasteiger partial charge in [0.15, 0.2) is 0 Å². The van der Waals surface area contributed by atoms with Crippen molar-refractivity contribution in [2.45, 2.75) is 25.0 Å². The van der Waals surface area contributed by atoms with Crippen LogP contribution in [0.3, 0.4) is 0 Å². The molecule has 1 aliphatic heterocycles. The van der Waals surface area contributed by atoms with Crippen LogP contribution in [0.15, 0.2) is 0 Å². The van der Waals surface area contributed by atoms with Gasteiger partial charge in [0.05, 0.1) is 12.1 Å². The van der Waals surface area contributed by atoms with Crippen LogP contribution in [0.5, 0.6) is 0 Å². The minimum atomic E-state index is -0.0508. The highest BCUT2D eigenvalue weighted by Gasteiger charge is 2.22. The zero-order valence-electron chi connectivity index (χ0n) is 7.59. The van der Waals surface area contributed by atoms with E-state index in [4.69, 9.17) is 4.74 Å². The largest absolute Gasteiger partial charge is 0.380 e. The van der Waals surface area contributed by atoms with E-state index in [0.717, 1.165) is 12.8 Å². The second kappa shape index (κ2) is 4.42. The normalized spacial score (nSPS) is 31.0. The molecule has 4 nitrogen and oxygen atoms in total. The summed E-state index contributed by atoms with van der Waals surface area (Å²) in [6, 6.07) is -0.0508.